The Kier molecular flexibility index (Phi) is 5.76. The number of hydrogen-bond acceptors (Lipinski definition) is 3. The van der Waals surface area contributed by atoms with E-state index in [0.717, 1.165) is 19.6 Å². The SMILES string of the molecule is CCN(Cc1ccc(C(N)=O)cc1)C1CCCCC1CN. The molecule has 1 aliphatic rings. The van der Waals surface area contributed by atoms with Crippen LogP contribution in [-0.4, -0.2) is 29.9 Å². The number of carbonyl (C=O) groups is 1. The minimum Gasteiger partial charge on any atom is -0.366 e. The van der Waals surface area contributed by atoms with Gasteiger partial charge in [-0.25, -0.2) is 0 Å². The Balaban J connectivity index is 2.05. The molecule has 4 N–H and O–H groups in total. The van der Waals surface area contributed by atoms with E-state index >= 15 is 0 Å². The van der Waals surface area contributed by atoms with E-state index in [0.29, 0.717) is 17.5 Å². The highest BCUT2D eigenvalue weighted by atomic mass is 16.1. The van der Waals surface area contributed by atoms with Crippen molar-refractivity contribution in [2.45, 2.75) is 45.2 Å². The highest BCUT2D eigenvalue weighted by Crippen LogP contribution is 2.28. The van der Waals surface area contributed by atoms with E-state index in [4.69, 9.17) is 11.5 Å². The Hall–Kier alpha value is -1.39. The third-order valence-electron chi connectivity index (χ3n) is 4.67. The highest BCUT2D eigenvalue weighted by molar-refractivity contribution is 5.92. The van der Waals surface area contributed by atoms with Crippen LogP contribution in [0, 0.1) is 5.92 Å². The lowest BCUT2D eigenvalue weighted by Crippen LogP contribution is -2.44. The molecule has 0 aromatic heterocycles. The van der Waals surface area contributed by atoms with Crippen molar-refractivity contribution in [2.75, 3.05) is 13.1 Å². The van der Waals surface area contributed by atoms with E-state index < -0.39 is 0 Å². The van der Waals surface area contributed by atoms with Crippen molar-refractivity contribution >= 4 is 5.91 Å². The molecule has 2 rings (SSSR count). The molecule has 1 amide bonds. The van der Waals surface area contributed by atoms with Gasteiger partial charge >= 0.3 is 0 Å². The van der Waals surface area contributed by atoms with Gasteiger partial charge in [-0.3, -0.25) is 9.69 Å². The fraction of sp³-hybridized carbons (Fsp3) is 0.588. The summed E-state index contributed by atoms with van der Waals surface area (Å²) < 4.78 is 0. The number of primary amides is 1. The molecule has 4 heteroatoms. The standard InChI is InChI=1S/C17H27N3O/c1-2-20(16-6-4-3-5-15(16)11-18)12-13-7-9-14(10-8-13)17(19)21/h7-10,15-16H,2-6,11-12,18H2,1H3,(H2,19,21). The molecule has 0 aliphatic heterocycles. The molecule has 2 unspecified atom stereocenters. The molecule has 21 heavy (non-hydrogen) atoms. The van der Waals surface area contributed by atoms with Gasteiger partial charge in [0, 0.05) is 18.2 Å². The quantitative estimate of drug-likeness (QED) is 0.842. The molecular weight excluding hydrogens is 262 g/mol. The van der Waals surface area contributed by atoms with Gasteiger partial charge in [-0.1, -0.05) is 31.9 Å². The van der Waals surface area contributed by atoms with Gasteiger partial charge in [-0.2, -0.15) is 0 Å². The smallest absolute Gasteiger partial charge is 0.248 e. The van der Waals surface area contributed by atoms with Gasteiger partial charge in [-0.15, -0.1) is 0 Å². The number of nitrogens with zero attached hydrogens (tertiary/aromatic N) is 1. The molecule has 1 aromatic carbocycles. The van der Waals surface area contributed by atoms with Crippen LogP contribution in [0.2, 0.25) is 0 Å². The summed E-state index contributed by atoms with van der Waals surface area (Å²) >= 11 is 0. The van der Waals surface area contributed by atoms with Crippen molar-refractivity contribution < 1.29 is 4.79 Å². The Morgan fingerprint density at radius 3 is 2.48 bits per heavy atom. The topological polar surface area (TPSA) is 72.3 Å². The molecular formula is C17H27N3O. The first-order valence-electron chi connectivity index (χ1n) is 7.98. The fourth-order valence-corrected chi connectivity index (χ4v) is 3.42. The summed E-state index contributed by atoms with van der Waals surface area (Å²) in [6.45, 7) is 4.93. The van der Waals surface area contributed by atoms with Crippen molar-refractivity contribution in [3.05, 3.63) is 35.4 Å². The summed E-state index contributed by atoms with van der Waals surface area (Å²) in [5.41, 5.74) is 13.0. The fourth-order valence-electron chi connectivity index (χ4n) is 3.42. The summed E-state index contributed by atoms with van der Waals surface area (Å²) in [5, 5.41) is 0. The van der Waals surface area contributed by atoms with E-state index in [1.807, 2.05) is 24.3 Å². The maximum atomic E-state index is 11.1. The molecule has 1 aliphatic carbocycles. The third-order valence-corrected chi connectivity index (χ3v) is 4.67. The monoisotopic (exact) mass is 289 g/mol. The molecule has 1 aromatic rings. The zero-order valence-corrected chi connectivity index (χ0v) is 12.9. The van der Waals surface area contributed by atoms with Gasteiger partial charge < -0.3 is 11.5 Å². The molecule has 0 heterocycles. The molecule has 0 saturated heterocycles. The van der Waals surface area contributed by atoms with E-state index in [2.05, 4.69) is 11.8 Å². The van der Waals surface area contributed by atoms with Gasteiger partial charge in [-0.05, 0) is 49.5 Å². The predicted molar refractivity (Wildman–Crippen MR) is 85.8 cm³/mol. The maximum Gasteiger partial charge on any atom is 0.248 e. The largest absolute Gasteiger partial charge is 0.366 e. The number of amides is 1. The van der Waals surface area contributed by atoms with E-state index in [9.17, 15) is 4.79 Å². The van der Waals surface area contributed by atoms with Crippen LogP contribution in [0.1, 0.15) is 48.5 Å². The second-order valence-corrected chi connectivity index (χ2v) is 5.97. The van der Waals surface area contributed by atoms with Crippen LogP contribution in [0.3, 0.4) is 0 Å². The van der Waals surface area contributed by atoms with Crippen LogP contribution in [0.4, 0.5) is 0 Å². The van der Waals surface area contributed by atoms with Crippen molar-refractivity contribution in [2.24, 2.45) is 17.4 Å². The van der Waals surface area contributed by atoms with Gasteiger partial charge in [0.1, 0.15) is 0 Å². The summed E-state index contributed by atoms with van der Waals surface area (Å²) in [6, 6.07) is 8.22. The second kappa shape index (κ2) is 7.57. The minimum atomic E-state index is -0.371. The van der Waals surface area contributed by atoms with Gasteiger partial charge in [0.2, 0.25) is 5.91 Å². The Bertz CT molecular complexity index is 458. The van der Waals surface area contributed by atoms with E-state index in [-0.39, 0.29) is 5.91 Å². The molecule has 2 atom stereocenters. The molecule has 0 spiro atoms. The summed E-state index contributed by atoms with van der Waals surface area (Å²) in [4.78, 5) is 13.6. The first kappa shape index (κ1) is 16.0. The molecule has 116 valence electrons. The average molecular weight is 289 g/mol. The predicted octanol–water partition coefficient (Wildman–Crippen LogP) is 2.12. The van der Waals surface area contributed by atoms with Crippen LogP contribution < -0.4 is 11.5 Å². The first-order valence-corrected chi connectivity index (χ1v) is 7.98. The van der Waals surface area contributed by atoms with Crippen LogP contribution in [0.25, 0.3) is 0 Å². The second-order valence-electron chi connectivity index (χ2n) is 5.97. The Labute approximate surface area is 127 Å². The van der Waals surface area contributed by atoms with Crippen molar-refractivity contribution in [3.63, 3.8) is 0 Å². The Morgan fingerprint density at radius 2 is 1.90 bits per heavy atom. The van der Waals surface area contributed by atoms with E-state index in [1.54, 1.807) is 0 Å². The van der Waals surface area contributed by atoms with Gasteiger partial charge in [0.25, 0.3) is 0 Å². The van der Waals surface area contributed by atoms with Crippen molar-refractivity contribution in [3.8, 4) is 0 Å². The zero-order chi connectivity index (χ0) is 15.2. The number of rotatable bonds is 6. The normalized spacial score (nSPS) is 22.4. The molecule has 1 fully saturated rings. The first-order chi connectivity index (χ1) is 10.2. The van der Waals surface area contributed by atoms with Crippen molar-refractivity contribution in [1.82, 2.24) is 4.90 Å². The molecule has 0 bridgehead atoms. The number of carbonyl (C=O) groups excluding carboxylic acids is 1. The summed E-state index contributed by atoms with van der Waals surface area (Å²) in [6.07, 6.45) is 5.11. The van der Waals surface area contributed by atoms with Crippen LogP contribution in [0.5, 0.6) is 0 Å². The zero-order valence-electron chi connectivity index (χ0n) is 12.9. The lowest BCUT2D eigenvalue weighted by Gasteiger charge is -2.39. The summed E-state index contributed by atoms with van der Waals surface area (Å²) in [5.74, 6) is 0.243. The van der Waals surface area contributed by atoms with Crippen LogP contribution in [0.15, 0.2) is 24.3 Å². The molecule has 0 radical (unpaired) electrons. The third kappa shape index (κ3) is 4.05. The summed E-state index contributed by atoms with van der Waals surface area (Å²) in [7, 11) is 0. The van der Waals surface area contributed by atoms with Crippen LogP contribution in [-0.2, 0) is 6.54 Å². The Morgan fingerprint density at radius 1 is 1.24 bits per heavy atom. The number of nitrogens with two attached hydrogens (primary N) is 2. The average Bonchev–Trinajstić information content (AvgIpc) is 2.53. The number of hydrogen-bond donors (Lipinski definition) is 2. The lowest BCUT2D eigenvalue weighted by molar-refractivity contribution is 0.0999. The highest BCUT2D eigenvalue weighted by Gasteiger charge is 2.28. The van der Waals surface area contributed by atoms with E-state index in [1.165, 1.54) is 31.2 Å². The van der Waals surface area contributed by atoms with Gasteiger partial charge in [0.05, 0.1) is 0 Å². The van der Waals surface area contributed by atoms with Crippen molar-refractivity contribution in [1.29, 1.82) is 0 Å². The molecule has 1 saturated carbocycles. The minimum absolute atomic E-state index is 0.371. The van der Waals surface area contributed by atoms with Crippen LogP contribution >= 0.6 is 0 Å². The van der Waals surface area contributed by atoms with Gasteiger partial charge in [0.15, 0.2) is 0 Å². The molecule has 4 nitrogen and oxygen atoms in total. The lowest BCUT2D eigenvalue weighted by atomic mass is 9.83. The maximum absolute atomic E-state index is 11.1. The number of benzene rings is 1.